The van der Waals surface area contributed by atoms with E-state index in [0.717, 1.165) is 23.0 Å². The number of nitrogens with zero attached hydrogens (tertiary/aromatic N) is 3. The molecule has 0 saturated heterocycles. The Morgan fingerprint density at radius 2 is 1.83 bits per heavy atom. The van der Waals surface area contributed by atoms with Gasteiger partial charge in [-0.15, -0.1) is 10.2 Å². The summed E-state index contributed by atoms with van der Waals surface area (Å²) >= 11 is 1.47. The molecule has 1 heterocycles. The third-order valence-corrected chi connectivity index (χ3v) is 7.07. The van der Waals surface area contributed by atoms with Crippen molar-refractivity contribution in [2.24, 2.45) is 13.0 Å². The number of aromatic nitrogens is 3. The predicted octanol–water partition coefficient (Wildman–Crippen LogP) is 4.96. The van der Waals surface area contributed by atoms with E-state index in [9.17, 15) is 4.79 Å². The molecule has 1 aliphatic carbocycles. The van der Waals surface area contributed by atoms with Gasteiger partial charge in [0.2, 0.25) is 5.91 Å². The molecule has 1 amide bonds. The minimum atomic E-state index is -0.205. The van der Waals surface area contributed by atoms with Crippen LogP contribution in [0, 0.1) is 5.92 Å². The lowest BCUT2D eigenvalue weighted by Crippen LogP contribution is -2.44. The molecule has 0 bridgehead atoms. The second kappa shape index (κ2) is 8.90. The molecule has 1 aromatic carbocycles. The Morgan fingerprint density at radius 3 is 2.45 bits per heavy atom. The Labute approximate surface area is 179 Å². The zero-order valence-corrected chi connectivity index (χ0v) is 19.3. The van der Waals surface area contributed by atoms with Gasteiger partial charge in [0.25, 0.3) is 0 Å². The van der Waals surface area contributed by atoms with Crippen molar-refractivity contribution in [2.45, 2.75) is 82.2 Å². The topological polar surface area (TPSA) is 59.8 Å². The lowest BCUT2D eigenvalue weighted by atomic mass is 9.86. The van der Waals surface area contributed by atoms with E-state index >= 15 is 0 Å². The molecule has 0 unspecified atom stereocenters. The summed E-state index contributed by atoms with van der Waals surface area (Å²) in [5.41, 5.74) is 2.45. The van der Waals surface area contributed by atoms with Crippen LogP contribution in [0.4, 0.5) is 0 Å². The Balaban J connectivity index is 1.66. The number of nitrogens with one attached hydrogen (secondary N) is 1. The molecular formula is C23H34N4OS. The molecule has 2 aromatic rings. The van der Waals surface area contributed by atoms with Gasteiger partial charge in [-0.3, -0.25) is 4.79 Å². The maximum Gasteiger partial charge on any atom is 0.233 e. The molecule has 1 saturated carbocycles. The van der Waals surface area contributed by atoms with Crippen LogP contribution in [0.5, 0.6) is 0 Å². The third kappa shape index (κ3) is 5.21. The highest BCUT2D eigenvalue weighted by molar-refractivity contribution is 8.00. The van der Waals surface area contributed by atoms with Gasteiger partial charge in [0, 0.05) is 18.7 Å². The van der Waals surface area contributed by atoms with Crippen molar-refractivity contribution in [3.63, 3.8) is 0 Å². The van der Waals surface area contributed by atoms with Crippen molar-refractivity contribution < 1.29 is 4.79 Å². The van der Waals surface area contributed by atoms with Crippen molar-refractivity contribution in [3.05, 3.63) is 29.8 Å². The fourth-order valence-electron chi connectivity index (χ4n) is 3.83. The van der Waals surface area contributed by atoms with Crippen molar-refractivity contribution >= 4 is 17.7 Å². The van der Waals surface area contributed by atoms with Crippen LogP contribution in [0.3, 0.4) is 0 Å². The summed E-state index contributed by atoms with van der Waals surface area (Å²) in [6.45, 7) is 10.8. The van der Waals surface area contributed by atoms with Crippen LogP contribution in [0.2, 0.25) is 0 Å². The van der Waals surface area contributed by atoms with Gasteiger partial charge in [-0.1, -0.05) is 76.6 Å². The van der Waals surface area contributed by atoms with E-state index in [4.69, 9.17) is 0 Å². The van der Waals surface area contributed by atoms with Crippen molar-refractivity contribution in [2.75, 3.05) is 0 Å². The van der Waals surface area contributed by atoms with E-state index in [1.54, 1.807) is 0 Å². The Kier molecular flexibility index (Phi) is 6.72. The van der Waals surface area contributed by atoms with Crippen LogP contribution in [0.25, 0.3) is 11.4 Å². The lowest BCUT2D eigenvalue weighted by Gasteiger charge is -2.30. The fraction of sp³-hybridized carbons (Fsp3) is 0.609. The van der Waals surface area contributed by atoms with Crippen LogP contribution < -0.4 is 5.32 Å². The van der Waals surface area contributed by atoms with Gasteiger partial charge < -0.3 is 9.88 Å². The number of carbonyl (C=O) groups excluding carboxylic acids is 1. The van der Waals surface area contributed by atoms with Gasteiger partial charge in [-0.25, -0.2) is 0 Å². The summed E-state index contributed by atoms with van der Waals surface area (Å²) in [5.74, 6) is 1.47. The quantitative estimate of drug-likeness (QED) is 0.703. The molecule has 1 fully saturated rings. The largest absolute Gasteiger partial charge is 0.352 e. The molecule has 1 aliphatic rings. The molecule has 3 rings (SSSR count). The normalized spacial score (nSPS) is 21.0. The average Bonchev–Trinajstić information content (AvgIpc) is 3.03. The van der Waals surface area contributed by atoms with Crippen molar-refractivity contribution in [3.8, 4) is 11.4 Å². The highest BCUT2D eigenvalue weighted by atomic mass is 32.2. The number of carbonyl (C=O) groups is 1. The minimum absolute atomic E-state index is 0.0906. The van der Waals surface area contributed by atoms with Gasteiger partial charge in [0.05, 0.1) is 5.25 Å². The summed E-state index contributed by atoms with van der Waals surface area (Å²) in [5, 5.41) is 12.5. The third-order valence-electron chi connectivity index (χ3n) is 5.93. The SMILES string of the molecule is C[C@@H]1CCCC[C@H]1NC(=O)[C@@H](C)Sc1nnc(-c2ccc(C(C)(C)C)cc2)n1C. The summed E-state index contributed by atoms with van der Waals surface area (Å²) in [4.78, 5) is 12.7. The van der Waals surface area contributed by atoms with Gasteiger partial charge >= 0.3 is 0 Å². The number of amides is 1. The molecule has 5 nitrogen and oxygen atoms in total. The molecule has 29 heavy (non-hydrogen) atoms. The number of hydrogen-bond donors (Lipinski definition) is 1. The first-order valence-corrected chi connectivity index (χ1v) is 11.5. The predicted molar refractivity (Wildman–Crippen MR) is 120 cm³/mol. The second-order valence-corrected chi connectivity index (χ2v) is 10.6. The van der Waals surface area contributed by atoms with Gasteiger partial charge in [0.1, 0.15) is 0 Å². The Bertz CT molecular complexity index is 838. The summed E-state index contributed by atoms with van der Waals surface area (Å²) < 4.78 is 1.98. The summed E-state index contributed by atoms with van der Waals surface area (Å²) in [6.07, 6.45) is 4.77. The monoisotopic (exact) mass is 414 g/mol. The lowest BCUT2D eigenvalue weighted by molar-refractivity contribution is -0.121. The van der Waals surface area contributed by atoms with E-state index < -0.39 is 0 Å². The highest BCUT2D eigenvalue weighted by Crippen LogP contribution is 2.29. The maximum absolute atomic E-state index is 12.7. The van der Waals surface area contributed by atoms with E-state index in [1.165, 1.54) is 36.6 Å². The molecule has 1 aromatic heterocycles. The molecule has 3 atom stereocenters. The second-order valence-electron chi connectivity index (χ2n) is 9.33. The van der Waals surface area contributed by atoms with Gasteiger partial charge in [0.15, 0.2) is 11.0 Å². The first kappa shape index (κ1) is 21.9. The van der Waals surface area contributed by atoms with Crippen LogP contribution >= 0.6 is 11.8 Å². The number of hydrogen-bond acceptors (Lipinski definition) is 4. The smallest absolute Gasteiger partial charge is 0.233 e. The van der Waals surface area contributed by atoms with E-state index in [1.807, 2.05) is 18.5 Å². The zero-order valence-electron chi connectivity index (χ0n) is 18.5. The average molecular weight is 415 g/mol. The van der Waals surface area contributed by atoms with E-state index in [-0.39, 0.29) is 16.6 Å². The standard InChI is InChI=1S/C23H34N4OS/c1-15-9-7-8-10-19(15)24-21(28)16(2)29-22-26-25-20(27(22)6)17-11-13-18(14-12-17)23(3,4)5/h11-16,19H,7-10H2,1-6H3,(H,24,28)/t15-,16-,19-/m1/s1. The maximum atomic E-state index is 12.7. The number of benzene rings is 1. The molecule has 0 aliphatic heterocycles. The van der Waals surface area contributed by atoms with Crippen LogP contribution in [0.15, 0.2) is 29.4 Å². The van der Waals surface area contributed by atoms with E-state index in [2.05, 4.69) is 67.5 Å². The minimum Gasteiger partial charge on any atom is -0.352 e. The highest BCUT2D eigenvalue weighted by Gasteiger charge is 2.26. The summed E-state index contributed by atoms with van der Waals surface area (Å²) in [7, 11) is 1.96. The van der Waals surface area contributed by atoms with Crippen LogP contribution in [-0.4, -0.2) is 32.0 Å². The summed E-state index contributed by atoms with van der Waals surface area (Å²) in [6, 6.07) is 8.80. The molecule has 1 N–H and O–H groups in total. The first-order chi connectivity index (χ1) is 13.7. The van der Waals surface area contributed by atoms with Crippen LogP contribution in [0.1, 0.15) is 65.9 Å². The van der Waals surface area contributed by atoms with Gasteiger partial charge in [-0.05, 0) is 36.7 Å². The number of rotatable bonds is 5. The zero-order chi connectivity index (χ0) is 21.2. The van der Waals surface area contributed by atoms with E-state index in [0.29, 0.717) is 12.0 Å². The van der Waals surface area contributed by atoms with Crippen molar-refractivity contribution in [1.29, 1.82) is 0 Å². The van der Waals surface area contributed by atoms with Crippen LogP contribution in [-0.2, 0) is 17.3 Å². The fourth-order valence-corrected chi connectivity index (χ4v) is 4.65. The number of thioether (sulfide) groups is 1. The molecular weight excluding hydrogens is 380 g/mol. The Hall–Kier alpha value is -1.82. The van der Waals surface area contributed by atoms with Crippen molar-refractivity contribution in [1.82, 2.24) is 20.1 Å². The Morgan fingerprint density at radius 1 is 1.17 bits per heavy atom. The molecule has 158 valence electrons. The molecule has 6 heteroatoms. The molecule has 0 spiro atoms. The first-order valence-electron chi connectivity index (χ1n) is 10.6. The van der Waals surface area contributed by atoms with Gasteiger partial charge in [-0.2, -0.15) is 0 Å². The molecule has 0 radical (unpaired) electrons.